The number of esters is 1. The third-order valence-electron chi connectivity index (χ3n) is 2.81. The van der Waals surface area contributed by atoms with E-state index in [-0.39, 0.29) is 5.82 Å². The first-order valence-corrected chi connectivity index (χ1v) is 6.27. The van der Waals surface area contributed by atoms with Crippen molar-refractivity contribution in [3.63, 3.8) is 0 Å². The lowest BCUT2D eigenvalue weighted by Gasteiger charge is -2.07. The zero-order valence-electron chi connectivity index (χ0n) is 11.1. The van der Waals surface area contributed by atoms with E-state index in [4.69, 9.17) is 10.5 Å². The molecule has 1 heterocycles. The number of nitrogen functional groups attached to an aromatic ring is 1. The number of carbonyl (C=O) groups is 1. The van der Waals surface area contributed by atoms with Gasteiger partial charge in [-0.2, -0.15) is 5.10 Å². The van der Waals surface area contributed by atoms with Gasteiger partial charge in [0.1, 0.15) is 5.56 Å². The number of nitrogens with zero attached hydrogens (tertiary/aromatic N) is 2. The molecule has 100 valence electrons. The topological polar surface area (TPSA) is 70.1 Å². The molecule has 0 aliphatic carbocycles. The molecule has 0 spiro atoms. The number of anilines is 1. The number of hydrogen-bond donors (Lipinski definition) is 1. The number of nitrogens with two attached hydrogens (primary N) is 1. The molecule has 0 saturated carbocycles. The molecule has 2 rings (SSSR count). The molecule has 0 radical (unpaired) electrons. The fraction of sp³-hybridized carbons (Fsp3) is 0.286. The van der Waals surface area contributed by atoms with Crippen LogP contribution >= 0.6 is 0 Å². The van der Waals surface area contributed by atoms with Crippen LogP contribution in [0.15, 0.2) is 30.3 Å². The molecule has 0 aliphatic rings. The van der Waals surface area contributed by atoms with E-state index in [0.29, 0.717) is 24.4 Å². The zero-order valence-corrected chi connectivity index (χ0v) is 11.1. The van der Waals surface area contributed by atoms with Gasteiger partial charge in [0.05, 0.1) is 12.3 Å². The molecule has 2 aromatic rings. The van der Waals surface area contributed by atoms with E-state index in [0.717, 1.165) is 5.56 Å². The zero-order chi connectivity index (χ0) is 13.8. The second-order valence-electron chi connectivity index (χ2n) is 4.01. The maximum absolute atomic E-state index is 12.0. The summed E-state index contributed by atoms with van der Waals surface area (Å²) in [6, 6.07) is 9.58. The highest BCUT2D eigenvalue weighted by Crippen LogP contribution is 2.28. The molecule has 0 amide bonds. The summed E-state index contributed by atoms with van der Waals surface area (Å²) in [6.07, 6.45) is 0. The maximum atomic E-state index is 12.0. The van der Waals surface area contributed by atoms with E-state index in [2.05, 4.69) is 5.10 Å². The number of aromatic nitrogens is 2. The Morgan fingerprint density at radius 1 is 1.32 bits per heavy atom. The van der Waals surface area contributed by atoms with Gasteiger partial charge in [0.15, 0.2) is 5.82 Å². The summed E-state index contributed by atoms with van der Waals surface area (Å²) in [4.78, 5) is 12.0. The van der Waals surface area contributed by atoms with E-state index in [1.165, 1.54) is 0 Å². The normalized spacial score (nSPS) is 10.4. The maximum Gasteiger partial charge on any atom is 0.344 e. The van der Waals surface area contributed by atoms with Gasteiger partial charge in [0.2, 0.25) is 0 Å². The van der Waals surface area contributed by atoms with Crippen molar-refractivity contribution in [2.75, 3.05) is 12.3 Å². The van der Waals surface area contributed by atoms with Gasteiger partial charge in [0, 0.05) is 12.1 Å². The Balaban J connectivity index is 2.60. The number of aryl methyl sites for hydroxylation is 1. The van der Waals surface area contributed by atoms with Crippen molar-refractivity contribution in [2.45, 2.75) is 20.4 Å². The Kier molecular flexibility index (Phi) is 3.85. The van der Waals surface area contributed by atoms with Crippen molar-refractivity contribution < 1.29 is 9.53 Å². The molecule has 5 nitrogen and oxygen atoms in total. The number of carbonyl (C=O) groups excluding carboxylic acids is 1. The van der Waals surface area contributed by atoms with E-state index in [1.54, 1.807) is 11.6 Å². The molecule has 0 fully saturated rings. The Labute approximate surface area is 112 Å². The predicted molar refractivity (Wildman–Crippen MR) is 73.7 cm³/mol. The van der Waals surface area contributed by atoms with Gasteiger partial charge >= 0.3 is 5.97 Å². The highest BCUT2D eigenvalue weighted by atomic mass is 16.5. The van der Waals surface area contributed by atoms with Crippen LogP contribution in [0, 0.1) is 0 Å². The summed E-state index contributed by atoms with van der Waals surface area (Å²) in [5.74, 6) is -0.224. The fourth-order valence-electron chi connectivity index (χ4n) is 2.00. The van der Waals surface area contributed by atoms with Gasteiger partial charge in [-0.05, 0) is 13.8 Å². The number of benzene rings is 1. The first kappa shape index (κ1) is 13.1. The van der Waals surface area contributed by atoms with Crippen molar-refractivity contribution in [1.82, 2.24) is 9.78 Å². The lowest BCUT2D eigenvalue weighted by Crippen LogP contribution is -2.08. The standard InChI is InChI=1S/C14H17N3O2/c1-3-17-12(10-8-6-5-7-9-10)11(13(15)16-17)14(18)19-4-2/h5-9H,3-4H2,1-2H3,(H2,15,16). The molecular formula is C14H17N3O2. The highest BCUT2D eigenvalue weighted by Gasteiger charge is 2.23. The van der Waals surface area contributed by atoms with Gasteiger partial charge < -0.3 is 10.5 Å². The molecule has 0 unspecified atom stereocenters. The second kappa shape index (κ2) is 5.56. The molecule has 2 N–H and O–H groups in total. The predicted octanol–water partition coefficient (Wildman–Crippen LogP) is 2.33. The average Bonchev–Trinajstić information content (AvgIpc) is 2.77. The van der Waals surface area contributed by atoms with Crippen LogP contribution in [0.1, 0.15) is 24.2 Å². The summed E-state index contributed by atoms with van der Waals surface area (Å²) in [7, 11) is 0. The van der Waals surface area contributed by atoms with Crippen LogP contribution < -0.4 is 5.73 Å². The monoisotopic (exact) mass is 259 g/mol. The van der Waals surface area contributed by atoms with Gasteiger partial charge in [-0.15, -0.1) is 0 Å². The van der Waals surface area contributed by atoms with Crippen LogP contribution in [0.5, 0.6) is 0 Å². The molecule has 1 aromatic carbocycles. The minimum absolute atomic E-state index is 0.208. The second-order valence-corrected chi connectivity index (χ2v) is 4.01. The largest absolute Gasteiger partial charge is 0.462 e. The van der Waals surface area contributed by atoms with E-state index in [9.17, 15) is 4.79 Å². The first-order valence-electron chi connectivity index (χ1n) is 6.27. The molecule has 5 heteroatoms. The number of ether oxygens (including phenoxy) is 1. The summed E-state index contributed by atoms with van der Waals surface area (Å²) < 4.78 is 6.78. The summed E-state index contributed by atoms with van der Waals surface area (Å²) in [5.41, 5.74) is 7.80. The van der Waals surface area contributed by atoms with Crippen molar-refractivity contribution in [1.29, 1.82) is 0 Å². The SMILES string of the molecule is CCOC(=O)c1c(N)nn(CC)c1-c1ccccc1. The molecule has 0 saturated heterocycles. The molecule has 1 aromatic heterocycles. The van der Waals surface area contributed by atoms with Crippen LogP contribution in [0.4, 0.5) is 5.82 Å². The minimum Gasteiger partial charge on any atom is -0.462 e. The average molecular weight is 259 g/mol. The van der Waals surface area contributed by atoms with E-state index in [1.807, 2.05) is 37.3 Å². The molecule has 0 aliphatic heterocycles. The highest BCUT2D eigenvalue weighted by molar-refractivity contribution is 6.00. The van der Waals surface area contributed by atoms with Crippen molar-refractivity contribution in [3.8, 4) is 11.3 Å². The number of rotatable bonds is 4. The van der Waals surface area contributed by atoms with Gasteiger partial charge in [0.25, 0.3) is 0 Å². The first-order chi connectivity index (χ1) is 9.19. The summed E-state index contributed by atoms with van der Waals surface area (Å²) in [5, 5.41) is 4.20. The Bertz CT molecular complexity index is 576. The smallest absolute Gasteiger partial charge is 0.344 e. The number of hydrogen-bond acceptors (Lipinski definition) is 4. The van der Waals surface area contributed by atoms with Crippen molar-refractivity contribution >= 4 is 11.8 Å². The molecule has 0 bridgehead atoms. The third-order valence-corrected chi connectivity index (χ3v) is 2.81. The lowest BCUT2D eigenvalue weighted by molar-refractivity contribution is 0.0528. The van der Waals surface area contributed by atoms with Crippen LogP contribution in [0.25, 0.3) is 11.3 Å². The third kappa shape index (κ3) is 2.45. The quantitative estimate of drug-likeness (QED) is 0.855. The molecule has 0 atom stereocenters. The van der Waals surface area contributed by atoms with Crippen LogP contribution in [0.3, 0.4) is 0 Å². The van der Waals surface area contributed by atoms with Gasteiger partial charge in [-0.1, -0.05) is 30.3 Å². The Morgan fingerprint density at radius 3 is 2.58 bits per heavy atom. The lowest BCUT2D eigenvalue weighted by atomic mass is 10.1. The molecule has 19 heavy (non-hydrogen) atoms. The van der Waals surface area contributed by atoms with Crippen molar-refractivity contribution in [2.24, 2.45) is 0 Å². The van der Waals surface area contributed by atoms with Crippen LogP contribution in [0.2, 0.25) is 0 Å². The van der Waals surface area contributed by atoms with Gasteiger partial charge in [-0.25, -0.2) is 4.79 Å². The fourth-order valence-corrected chi connectivity index (χ4v) is 2.00. The Hall–Kier alpha value is -2.30. The summed E-state index contributed by atoms with van der Waals surface area (Å²) in [6.45, 7) is 4.66. The van der Waals surface area contributed by atoms with E-state index >= 15 is 0 Å². The van der Waals surface area contributed by atoms with Crippen molar-refractivity contribution in [3.05, 3.63) is 35.9 Å². The Morgan fingerprint density at radius 2 is 2.00 bits per heavy atom. The van der Waals surface area contributed by atoms with Crippen LogP contribution in [-0.4, -0.2) is 22.4 Å². The van der Waals surface area contributed by atoms with Gasteiger partial charge in [-0.3, -0.25) is 4.68 Å². The molecular weight excluding hydrogens is 242 g/mol. The van der Waals surface area contributed by atoms with E-state index < -0.39 is 5.97 Å². The van der Waals surface area contributed by atoms with Crippen LogP contribution in [-0.2, 0) is 11.3 Å². The summed E-state index contributed by atoms with van der Waals surface area (Å²) >= 11 is 0. The minimum atomic E-state index is -0.432.